The van der Waals surface area contributed by atoms with Crippen molar-refractivity contribution in [3.63, 3.8) is 0 Å². The first-order valence-electron chi connectivity index (χ1n) is 5.51. The van der Waals surface area contributed by atoms with Gasteiger partial charge in [-0.25, -0.2) is 13.4 Å². The predicted octanol–water partition coefficient (Wildman–Crippen LogP) is 2.13. The molecule has 0 spiro atoms. The van der Waals surface area contributed by atoms with E-state index >= 15 is 0 Å². The molecule has 0 fully saturated rings. The van der Waals surface area contributed by atoms with Gasteiger partial charge >= 0.3 is 0 Å². The number of pyridine rings is 1. The van der Waals surface area contributed by atoms with Gasteiger partial charge in [-0.15, -0.1) is 0 Å². The average molecular weight is 314 g/mol. The number of anilines is 2. The summed E-state index contributed by atoms with van der Waals surface area (Å²) in [5.41, 5.74) is 5.77. The van der Waals surface area contributed by atoms with Crippen LogP contribution in [0.5, 0.6) is 5.75 Å². The first-order chi connectivity index (χ1) is 9.44. The van der Waals surface area contributed by atoms with E-state index in [9.17, 15) is 8.42 Å². The maximum atomic E-state index is 12.2. The van der Waals surface area contributed by atoms with Crippen LogP contribution in [0.15, 0.2) is 41.4 Å². The van der Waals surface area contributed by atoms with Gasteiger partial charge in [0, 0.05) is 12.3 Å². The van der Waals surface area contributed by atoms with Gasteiger partial charge in [0.15, 0.2) is 0 Å². The van der Waals surface area contributed by atoms with Crippen molar-refractivity contribution in [2.24, 2.45) is 0 Å². The molecule has 20 heavy (non-hydrogen) atoms. The molecule has 0 unspecified atom stereocenters. The van der Waals surface area contributed by atoms with Crippen molar-refractivity contribution in [3.8, 4) is 5.75 Å². The number of nitrogens with zero attached hydrogens (tertiary/aromatic N) is 1. The number of benzene rings is 1. The standard InChI is InChI=1S/C12H12ClN3O3S/c1-19-8-4-5-9(13)10(7-8)16-20(17,18)11-3-2-6-15-12(11)14/h2-7,16H,1H3,(H2,14,15). The average Bonchev–Trinajstić information content (AvgIpc) is 2.41. The van der Waals surface area contributed by atoms with Crippen LogP contribution in [0.2, 0.25) is 5.02 Å². The molecule has 0 aliphatic heterocycles. The van der Waals surface area contributed by atoms with Crippen LogP contribution in [0.25, 0.3) is 0 Å². The van der Waals surface area contributed by atoms with Crippen LogP contribution in [-0.4, -0.2) is 20.5 Å². The van der Waals surface area contributed by atoms with Crippen LogP contribution in [0.1, 0.15) is 0 Å². The quantitative estimate of drug-likeness (QED) is 0.901. The summed E-state index contributed by atoms with van der Waals surface area (Å²) in [6.45, 7) is 0. The predicted molar refractivity (Wildman–Crippen MR) is 77.5 cm³/mol. The van der Waals surface area contributed by atoms with E-state index in [-0.39, 0.29) is 21.4 Å². The van der Waals surface area contributed by atoms with Crippen molar-refractivity contribution in [1.82, 2.24) is 4.98 Å². The largest absolute Gasteiger partial charge is 0.497 e. The van der Waals surface area contributed by atoms with Gasteiger partial charge in [-0.3, -0.25) is 4.72 Å². The Morgan fingerprint density at radius 2 is 2.10 bits per heavy atom. The summed E-state index contributed by atoms with van der Waals surface area (Å²) in [5.74, 6) is 0.394. The van der Waals surface area contributed by atoms with Crippen molar-refractivity contribution in [2.75, 3.05) is 17.6 Å². The Morgan fingerprint density at radius 3 is 2.75 bits per heavy atom. The van der Waals surface area contributed by atoms with E-state index in [0.29, 0.717) is 5.75 Å². The summed E-state index contributed by atoms with van der Waals surface area (Å²) >= 11 is 5.96. The second kappa shape index (κ2) is 5.56. The number of ether oxygens (including phenoxy) is 1. The third kappa shape index (κ3) is 2.94. The molecule has 0 saturated heterocycles. The summed E-state index contributed by atoms with van der Waals surface area (Å²) in [5, 5.41) is 0.247. The van der Waals surface area contributed by atoms with Gasteiger partial charge in [0.1, 0.15) is 16.5 Å². The molecule has 0 aliphatic rings. The number of hydrogen-bond acceptors (Lipinski definition) is 5. The molecule has 0 radical (unpaired) electrons. The highest BCUT2D eigenvalue weighted by molar-refractivity contribution is 7.92. The molecule has 0 aliphatic carbocycles. The number of methoxy groups -OCH3 is 1. The monoisotopic (exact) mass is 313 g/mol. The highest BCUT2D eigenvalue weighted by Crippen LogP contribution is 2.29. The van der Waals surface area contributed by atoms with Crippen LogP contribution in [0.3, 0.4) is 0 Å². The van der Waals surface area contributed by atoms with Gasteiger partial charge in [-0.1, -0.05) is 11.6 Å². The molecule has 0 saturated carbocycles. The molecule has 6 nitrogen and oxygen atoms in total. The summed E-state index contributed by atoms with van der Waals surface area (Å²) in [6.07, 6.45) is 1.41. The lowest BCUT2D eigenvalue weighted by Gasteiger charge is -2.11. The first-order valence-corrected chi connectivity index (χ1v) is 7.37. The molecule has 0 amide bonds. The SMILES string of the molecule is COc1ccc(Cl)c(NS(=O)(=O)c2cccnc2N)c1. The van der Waals surface area contributed by atoms with Crippen molar-refractivity contribution in [2.45, 2.75) is 4.90 Å². The van der Waals surface area contributed by atoms with E-state index in [0.717, 1.165) is 0 Å². The van der Waals surface area contributed by atoms with E-state index in [1.54, 1.807) is 6.07 Å². The zero-order chi connectivity index (χ0) is 14.8. The lowest BCUT2D eigenvalue weighted by Crippen LogP contribution is -2.15. The summed E-state index contributed by atoms with van der Waals surface area (Å²) in [7, 11) is -2.40. The van der Waals surface area contributed by atoms with Crippen molar-refractivity contribution >= 4 is 33.1 Å². The van der Waals surface area contributed by atoms with Crippen molar-refractivity contribution < 1.29 is 13.2 Å². The van der Waals surface area contributed by atoms with Gasteiger partial charge < -0.3 is 10.5 Å². The molecule has 3 N–H and O–H groups in total. The van der Waals surface area contributed by atoms with Crippen molar-refractivity contribution in [3.05, 3.63) is 41.6 Å². The second-order valence-corrected chi connectivity index (χ2v) is 5.90. The topological polar surface area (TPSA) is 94.3 Å². The van der Waals surface area contributed by atoms with Crippen LogP contribution in [0, 0.1) is 0 Å². The molecule has 2 aromatic rings. The Balaban J connectivity index is 2.41. The Morgan fingerprint density at radius 1 is 1.35 bits per heavy atom. The maximum absolute atomic E-state index is 12.2. The lowest BCUT2D eigenvalue weighted by molar-refractivity contribution is 0.415. The van der Waals surface area contributed by atoms with Crippen molar-refractivity contribution in [1.29, 1.82) is 0 Å². The fourth-order valence-corrected chi connectivity index (χ4v) is 2.91. The minimum absolute atomic E-state index is 0.0842. The van der Waals surface area contributed by atoms with Gasteiger partial charge in [0.25, 0.3) is 10.0 Å². The smallest absolute Gasteiger partial charge is 0.265 e. The minimum Gasteiger partial charge on any atom is -0.497 e. The lowest BCUT2D eigenvalue weighted by atomic mass is 10.3. The Labute approximate surface area is 121 Å². The Hall–Kier alpha value is -1.99. The first kappa shape index (κ1) is 14.4. The van der Waals surface area contributed by atoms with Gasteiger partial charge in [0.2, 0.25) is 0 Å². The Bertz CT molecular complexity index is 734. The van der Waals surface area contributed by atoms with E-state index in [2.05, 4.69) is 9.71 Å². The van der Waals surface area contributed by atoms with Gasteiger partial charge in [0.05, 0.1) is 17.8 Å². The minimum atomic E-state index is -3.87. The number of rotatable bonds is 4. The van der Waals surface area contributed by atoms with Crippen LogP contribution in [-0.2, 0) is 10.0 Å². The second-order valence-electron chi connectivity index (χ2n) is 3.84. The van der Waals surface area contributed by atoms with E-state index in [4.69, 9.17) is 22.1 Å². The maximum Gasteiger partial charge on any atom is 0.265 e. The molecule has 0 atom stereocenters. The molecular weight excluding hydrogens is 302 g/mol. The van der Waals surface area contributed by atoms with Crippen LogP contribution in [0.4, 0.5) is 11.5 Å². The summed E-state index contributed by atoms with van der Waals surface area (Å²) in [4.78, 5) is 3.63. The summed E-state index contributed by atoms with van der Waals surface area (Å²) in [6, 6.07) is 7.48. The number of sulfonamides is 1. The number of nitrogen functional groups attached to an aromatic ring is 1. The normalized spacial score (nSPS) is 11.1. The molecular formula is C12H12ClN3O3S. The molecule has 1 aromatic carbocycles. The van der Waals surface area contributed by atoms with Gasteiger partial charge in [-0.2, -0.15) is 0 Å². The summed E-state index contributed by atoms with van der Waals surface area (Å²) < 4.78 is 31.9. The number of nitrogens with one attached hydrogen (secondary N) is 1. The van der Waals surface area contributed by atoms with E-state index < -0.39 is 10.0 Å². The highest BCUT2D eigenvalue weighted by Gasteiger charge is 2.19. The highest BCUT2D eigenvalue weighted by atomic mass is 35.5. The molecule has 2 rings (SSSR count). The third-order valence-electron chi connectivity index (χ3n) is 2.51. The van der Waals surface area contributed by atoms with Crippen LogP contribution >= 0.6 is 11.6 Å². The Kier molecular flexibility index (Phi) is 4.01. The number of nitrogens with two attached hydrogens (primary N) is 1. The van der Waals surface area contributed by atoms with Gasteiger partial charge in [-0.05, 0) is 24.3 Å². The van der Waals surface area contributed by atoms with E-state index in [1.165, 1.54) is 37.6 Å². The molecule has 106 valence electrons. The fraction of sp³-hybridized carbons (Fsp3) is 0.0833. The zero-order valence-electron chi connectivity index (χ0n) is 10.5. The molecule has 1 aromatic heterocycles. The molecule has 0 bridgehead atoms. The van der Waals surface area contributed by atoms with E-state index in [1.807, 2.05) is 0 Å². The number of halogens is 1. The zero-order valence-corrected chi connectivity index (χ0v) is 12.1. The molecule has 8 heteroatoms. The number of hydrogen-bond donors (Lipinski definition) is 2. The van der Waals surface area contributed by atoms with Crippen LogP contribution < -0.4 is 15.2 Å². The number of aromatic nitrogens is 1. The molecule has 1 heterocycles. The third-order valence-corrected chi connectivity index (χ3v) is 4.25. The fourth-order valence-electron chi connectivity index (χ4n) is 1.54.